The number of methoxy groups -OCH3 is 1. The Morgan fingerprint density at radius 2 is 1.81 bits per heavy atom. The molecule has 0 bridgehead atoms. The van der Waals surface area contributed by atoms with E-state index in [2.05, 4.69) is 10.0 Å². The van der Waals surface area contributed by atoms with E-state index in [1.807, 2.05) is 13.8 Å². The van der Waals surface area contributed by atoms with Gasteiger partial charge in [0.2, 0.25) is 10.0 Å². The lowest BCUT2D eigenvalue weighted by atomic mass is 10.2. The topological polar surface area (TPSA) is 84.5 Å². The molecule has 0 saturated heterocycles. The van der Waals surface area contributed by atoms with E-state index in [1.165, 1.54) is 31.4 Å². The summed E-state index contributed by atoms with van der Waals surface area (Å²) in [4.78, 5) is 12.4. The molecule has 0 radical (unpaired) electrons. The smallest absolute Gasteiger partial charge is 0.255 e. The van der Waals surface area contributed by atoms with Crippen molar-refractivity contribution in [3.8, 4) is 5.75 Å². The lowest BCUT2D eigenvalue weighted by Gasteiger charge is -2.10. The lowest BCUT2D eigenvalue weighted by molar-refractivity contribution is 0.102. The maximum absolute atomic E-state index is 12.3. The van der Waals surface area contributed by atoms with Gasteiger partial charge in [-0.1, -0.05) is 25.4 Å². The van der Waals surface area contributed by atoms with E-state index >= 15 is 0 Å². The summed E-state index contributed by atoms with van der Waals surface area (Å²) in [6.45, 7) is 4.19. The first kappa shape index (κ1) is 20.2. The summed E-state index contributed by atoms with van der Waals surface area (Å²) < 4.78 is 31.9. The molecule has 0 atom stereocenters. The molecule has 2 N–H and O–H groups in total. The Kier molecular flexibility index (Phi) is 6.63. The Balaban J connectivity index is 2.10. The van der Waals surface area contributed by atoms with E-state index in [0.717, 1.165) is 0 Å². The number of halogens is 1. The van der Waals surface area contributed by atoms with Gasteiger partial charge in [0, 0.05) is 17.8 Å². The van der Waals surface area contributed by atoms with E-state index in [0.29, 0.717) is 28.6 Å². The standard InChI is InChI=1S/C18H21ClN2O4S/c1-12(2)11-20-26(23,24)15-7-4-13(5-8-15)18(22)21-14-6-9-17(25-3)16(19)10-14/h4-10,12,20H,11H2,1-3H3,(H,21,22). The highest BCUT2D eigenvalue weighted by atomic mass is 35.5. The molecule has 1 amide bonds. The van der Waals surface area contributed by atoms with Gasteiger partial charge in [0.25, 0.3) is 5.91 Å². The number of carbonyl (C=O) groups excluding carboxylic acids is 1. The van der Waals surface area contributed by atoms with E-state index in [1.54, 1.807) is 18.2 Å². The van der Waals surface area contributed by atoms with Gasteiger partial charge >= 0.3 is 0 Å². The largest absolute Gasteiger partial charge is 0.495 e. The first-order valence-electron chi connectivity index (χ1n) is 7.97. The molecule has 0 spiro atoms. The second-order valence-electron chi connectivity index (χ2n) is 6.07. The number of rotatable bonds is 7. The molecule has 2 aromatic rings. The van der Waals surface area contributed by atoms with Crippen LogP contribution in [0, 0.1) is 5.92 Å². The Morgan fingerprint density at radius 3 is 2.35 bits per heavy atom. The zero-order valence-corrected chi connectivity index (χ0v) is 16.3. The van der Waals surface area contributed by atoms with Crippen LogP contribution in [0.15, 0.2) is 47.4 Å². The Morgan fingerprint density at radius 1 is 1.15 bits per heavy atom. The normalized spacial score (nSPS) is 11.4. The number of benzene rings is 2. The van der Waals surface area contributed by atoms with Crippen LogP contribution < -0.4 is 14.8 Å². The monoisotopic (exact) mass is 396 g/mol. The van der Waals surface area contributed by atoms with Gasteiger partial charge in [0.05, 0.1) is 17.0 Å². The number of amides is 1. The number of anilines is 1. The molecular formula is C18H21ClN2O4S. The first-order chi connectivity index (χ1) is 12.2. The van der Waals surface area contributed by atoms with Crippen molar-refractivity contribution in [2.45, 2.75) is 18.7 Å². The highest BCUT2D eigenvalue weighted by Crippen LogP contribution is 2.27. The van der Waals surface area contributed by atoms with Crippen LogP contribution in [0.2, 0.25) is 5.02 Å². The highest BCUT2D eigenvalue weighted by molar-refractivity contribution is 7.89. The SMILES string of the molecule is COc1ccc(NC(=O)c2ccc(S(=O)(=O)NCC(C)C)cc2)cc1Cl. The number of carbonyl (C=O) groups is 1. The Hall–Kier alpha value is -2.09. The van der Waals surface area contributed by atoms with Crippen LogP contribution in [0.5, 0.6) is 5.75 Å². The number of sulfonamides is 1. The van der Waals surface area contributed by atoms with Gasteiger partial charge < -0.3 is 10.1 Å². The molecule has 2 rings (SSSR count). The molecule has 0 fully saturated rings. The van der Waals surface area contributed by atoms with Crippen molar-refractivity contribution < 1.29 is 17.9 Å². The van der Waals surface area contributed by atoms with Crippen LogP contribution in [0.4, 0.5) is 5.69 Å². The van der Waals surface area contributed by atoms with E-state index in [9.17, 15) is 13.2 Å². The molecule has 0 aliphatic rings. The van der Waals surface area contributed by atoms with Crippen molar-refractivity contribution in [1.82, 2.24) is 4.72 Å². The van der Waals surface area contributed by atoms with Gasteiger partial charge in [-0.15, -0.1) is 0 Å². The molecule has 140 valence electrons. The second kappa shape index (κ2) is 8.53. The summed E-state index contributed by atoms with van der Waals surface area (Å²) in [5, 5.41) is 3.08. The molecule has 6 nitrogen and oxygen atoms in total. The van der Waals surface area contributed by atoms with Crippen LogP contribution in [0.3, 0.4) is 0 Å². The predicted molar refractivity (Wildman–Crippen MR) is 102 cm³/mol. The lowest BCUT2D eigenvalue weighted by Crippen LogP contribution is -2.27. The fourth-order valence-corrected chi connectivity index (χ4v) is 3.56. The quantitative estimate of drug-likeness (QED) is 0.749. The van der Waals surface area contributed by atoms with E-state index in [-0.39, 0.29) is 16.7 Å². The number of nitrogens with one attached hydrogen (secondary N) is 2. The van der Waals surface area contributed by atoms with Crippen molar-refractivity contribution in [3.05, 3.63) is 53.1 Å². The maximum Gasteiger partial charge on any atom is 0.255 e. The highest BCUT2D eigenvalue weighted by Gasteiger charge is 2.15. The van der Waals surface area contributed by atoms with Gasteiger partial charge in [-0.25, -0.2) is 13.1 Å². The third-order valence-corrected chi connectivity index (χ3v) is 5.25. The van der Waals surface area contributed by atoms with Crippen LogP contribution in [0.25, 0.3) is 0 Å². The molecule has 0 aliphatic carbocycles. The average molecular weight is 397 g/mol. The van der Waals surface area contributed by atoms with Gasteiger partial charge in [-0.05, 0) is 48.4 Å². The third-order valence-electron chi connectivity index (χ3n) is 3.52. The van der Waals surface area contributed by atoms with Crippen molar-refractivity contribution in [2.24, 2.45) is 5.92 Å². The van der Waals surface area contributed by atoms with Crippen LogP contribution in [-0.2, 0) is 10.0 Å². The van der Waals surface area contributed by atoms with Gasteiger partial charge in [0.15, 0.2) is 0 Å². The molecule has 0 heterocycles. The zero-order chi connectivity index (χ0) is 19.3. The minimum atomic E-state index is -3.58. The number of hydrogen-bond donors (Lipinski definition) is 2. The minimum absolute atomic E-state index is 0.113. The molecule has 0 saturated carbocycles. The van der Waals surface area contributed by atoms with Crippen LogP contribution in [0.1, 0.15) is 24.2 Å². The number of ether oxygens (including phenoxy) is 1. The van der Waals surface area contributed by atoms with Crippen molar-refractivity contribution in [3.63, 3.8) is 0 Å². The average Bonchev–Trinajstić information content (AvgIpc) is 2.60. The molecule has 8 heteroatoms. The Bertz CT molecular complexity index is 881. The number of hydrogen-bond acceptors (Lipinski definition) is 4. The fourth-order valence-electron chi connectivity index (χ4n) is 2.09. The minimum Gasteiger partial charge on any atom is -0.495 e. The second-order valence-corrected chi connectivity index (χ2v) is 8.25. The molecule has 0 aromatic heterocycles. The van der Waals surface area contributed by atoms with E-state index < -0.39 is 10.0 Å². The van der Waals surface area contributed by atoms with Crippen LogP contribution in [-0.4, -0.2) is 28.0 Å². The predicted octanol–water partition coefficient (Wildman–Crippen LogP) is 3.54. The molecule has 26 heavy (non-hydrogen) atoms. The van der Waals surface area contributed by atoms with Crippen molar-refractivity contribution in [1.29, 1.82) is 0 Å². The molecule has 2 aromatic carbocycles. The Labute approximate surface area is 158 Å². The third kappa shape index (κ3) is 5.20. The maximum atomic E-state index is 12.3. The summed E-state index contributed by atoms with van der Waals surface area (Å²) >= 11 is 6.03. The zero-order valence-electron chi connectivity index (χ0n) is 14.7. The van der Waals surface area contributed by atoms with E-state index in [4.69, 9.17) is 16.3 Å². The molecular weight excluding hydrogens is 376 g/mol. The van der Waals surface area contributed by atoms with Gasteiger partial charge in [-0.3, -0.25) is 4.79 Å². The van der Waals surface area contributed by atoms with Crippen molar-refractivity contribution in [2.75, 3.05) is 19.0 Å². The van der Waals surface area contributed by atoms with Gasteiger partial charge in [0.1, 0.15) is 5.75 Å². The summed E-state index contributed by atoms with van der Waals surface area (Å²) in [5.74, 6) is 0.338. The summed E-state index contributed by atoms with van der Waals surface area (Å²) in [5.41, 5.74) is 0.843. The fraction of sp³-hybridized carbons (Fsp3) is 0.278. The van der Waals surface area contributed by atoms with Crippen LogP contribution >= 0.6 is 11.6 Å². The summed E-state index contributed by atoms with van der Waals surface area (Å²) in [6, 6.07) is 10.6. The summed E-state index contributed by atoms with van der Waals surface area (Å²) in [6.07, 6.45) is 0. The molecule has 0 unspecified atom stereocenters. The summed E-state index contributed by atoms with van der Waals surface area (Å²) in [7, 11) is -2.08. The molecule has 0 aliphatic heterocycles. The van der Waals surface area contributed by atoms with Crippen molar-refractivity contribution >= 4 is 33.2 Å². The first-order valence-corrected chi connectivity index (χ1v) is 9.83. The van der Waals surface area contributed by atoms with Gasteiger partial charge in [-0.2, -0.15) is 0 Å².